The fourth-order valence-electron chi connectivity index (χ4n) is 1.67. The first-order valence-electron chi connectivity index (χ1n) is 6.86. The van der Waals surface area contributed by atoms with Gasteiger partial charge in [-0.1, -0.05) is 5.16 Å². The van der Waals surface area contributed by atoms with E-state index in [2.05, 4.69) is 10.1 Å². The Bertz CT molecular complexity index is 642. The van der Waals surface area contributed by atoms with E-state index in [0.717, 1.165) is 0 Å². The fraction of sp³-hybridized carbons (Fsp3) is 0.571. The van der Waals surface area contributed by atoms with Crippen LogP contribution in [0.1, 0.15) is 31.5 Å². The molecule has 23 heavy (non-hydrogen) atoms. The number of carboxylic acid groups (broad SMARTS) is 1. The molecule has 9 heteroatoms. The molecule has 1 N–H and O–H groups in total. The molecule has 0 saturated carbocycles. The lowest BCUT2D eigenvalue weighted by Gasteiger charge is -2.37. The Balaban J connectivity index is 2.20. The standard InChI is InChI=1S/C14H18N2O6S/c1-8-15-9(5-23-8)10(11(17)18)16-22-14(6-20-7-14)12(19)21-13(2,3)4/h5H,6-7H2,1-4H3,(H,17,18)/b16-10-. The number of carbonyl (C=O) groups is 2. The van der Waals surface area contributed by atoms with Crippen molar-refractivity contribution in [2.75, 3.05) is 13.2 Å². The van der Waals surface area contributed by atoms with Crippen LogP contribution in [0, 0.1) is 6.92 Å². The highest BCUT2D eigenvalue weighted by Gasteiger charge is 2.52. The Morgan fingerprint density at radius 2 is 2.09 bits per heavy atom. The SMILES string of the molecule is Cc1nc(/C(=N/OC2(C(=O)OC(C)(C)C)COC2)C(=O)O)cs1. The topological polar surface area (TPSA) is 107 Å². The highest BCUT2D eigenvalue weighted by atomic mass is 32.1. The molecule has 0 amide bonds. The average Bonchev–Trinajstić information content (AvgIpc) is 2.76. The number of aliphatic carboxylic acids is 1. The molecule has 126 valence electrons. The molecule has 1 aliphatic rings. The number of carbonyl (C=O) groups excluding carboxylic acids is 1. The van der Waals surface area contributed by atoms with Crippen LogP contribution in [0.3, 0.4) is 0 Å². The van der Waals surface area contributed by atoms with Crippen LogP contribution in [-0.2, 0) is 23.9 Å². The molecule has 2 rings (SSSR count). The maximum atomic E-state index is 12.2. The quantitative estimate of drug-likeness (QED) is 0.489. The molecule has 1 fully saturated rings. The number of esters is 1. The maximum Gasteiger partial charge on any atom is 0.360 e. The first-order valence-corrected chi connectivity index (χ1v) is 7.74. The van der Waals surface area contributed by atoms with E-state index in [1.165, 1.54) is 11.3 Å². The maximum absolute atomic E-state index is 12.2. The molecule has 0 unspecified atom stereocenters. The zero-order chi connectivity index (χ0) is 17.3. The number of oxime groups is 1. The summed E-state index contributed by atoms with van der Waals surface area (Å²) in [6.45, 7) is 6.83. The molecule has 0 aromatic carbocycles. The summed E-state index contributed by atoms with van der Waals surface area (Å²) >= 11 is 1.29. The summed E-state index contributed by atoms with van der Waals surface area (Å²) < 4.78 is 10.3. The average molecular weight is 342 g/mol. The Hall–Kier alpha value is -2.00. The molecule has 1 aromatic rings. The molecule has 1 saturated heterocycles. The second-order valence-electron chi connectivity index (χ2n) is 6.08. The summed E-state index contributed by atoms with van der Waals surface area (Å²) in [5, 5.41) is 15.1. The van der Waals surface area contributed by atoms with Gasteiger partial charge in [-0.2, -0.15) is 0 Å². The molecule has 0 bridgehead atoms. The normalized spacial score (nSPS) is 17.3. The van der Waals surface area contributed by atoms with Crippen molar-refractivity contribution in [3.8, 4) is 0 Å². The minimum Gasteiger partial charge on any atom is -0.476 e. The number of aromatic nitrogens is 1. The Morgan fingerprint density at radius 3 is 2.48 bits per heavy atom. The van der Waals surface area contributed by atoms with Gasteiger partial charge in [-0.25, -0.2) is 14.6 Å². The number of aryl methyl sites for hydroxylation is 1. The number of hydrogen-bond acceptors (Lipinski definition) is 8. The molecule has 0 spiro atoms. The van der Waals surface area contributed by atoms with Gasteiger partial charge in [-0.05, 0) is 27.7 Å². The molecule has 0 radical (unpaired) electrons. The largest absolute Gasteiger partial charge is 0.476 e. The number of ether oxygens (including phenoxy) is 2. The van der Waals surface area contributed by atoms with Crippen molar-refractivity contribution < 1.29 is 29.0 Å². The second kappa shape index (κ2) is 6.25. The monoisotopic (exact) mass is 342 g/mol. The predicted octanol–water partition coefficient (Wildman–Crippen LogP) is 1.37. The van der Waals surface area contributed by atoms with E-state index >= 15 is 0 Å². The Morgan fingerprint density at radius 1 is 1.43 bits per heavy atom. The number of nitrogens with zero attached hydrogens (tertiary/aromatic N) is 2. The van der Waals surface area contributed by atoms with Crippen molar-refractivity contribution in [3.05, 3.63) is 16.1 Å². The summed E-state index contributed by atoms with van der Waals surface area (Å²) in [6.07, 6.45) is 0. The van der Waals surface area contributed by atoms with E-state index in [1.54, 1.807) is 33.1 Å². The van der Waals surface area contributed by atoms with Crippen LogP contribution in [0.4, 0.5) is 0 Å². The van der Waals surface area contributed by atoms with Gasteiger partial charge in [0.05, 0.1) is 5.01 Å². The summed E-state index contributed by atoms with van der Waals surface area (Å²) in [7, 11) is 0. The van der Waals surface area contributed by atoms with Gasteiger partial charge >= 0.3 is 11.9 Å². The van der Waals surface area contributed by atoms with Crippen LogP contribution < -0.4 is 0 Å². The molecule has 1 aromatic heterocycles. The number of hydrogen-bond donors (Lipinski definition) is 1. The summed E-state index contributed by atoms with van der Waals surface area (Å²) in [5.41, 5.74) is -2.31. The van der Waals surface area contributed by atoms with Crippen molar-refractivity contribution in [1.82, 2.24) is 4.98 Å². The second-order valence-corrected chi connectivity index (χ2v) is 7.14. The van der Waals surface area contributed by atoms with Crippen LogP contribution in [0.25, 0.3) is 0 Å². The van der Waals surface area contributed by atoms with E-state index in [1.807, 2.05) is 0 Å². The van der Waals surface area contributed by atoms with E-state index < -0.39 is 23.1 Å². The molecule has 1 aliphatic heterocycles. The van der Waals surface area contributed by atoms with E-state index in [9.17, 15) is 14.7 Å². The lowest BCUT2D eigenvalue weighted by atomic mass is 10.0. The first kappa shape index (κ1) is 17.4. The number of carboxylic acids is 1. The van der Waals surface area contributed by atoms with Crippen LogP contribution >= 0.6 is 11.3 Å². The molecule has 0 aliphatic carbocycles. The lowest BCUT2D eigenvalue weighted by Crippen LogP contribution is -2.59. The van der Waals surface area contributed by atoms with Crippen molar-refractivity contribution in [2.24, 2.45) is 5.16 Å². The van der Waals surface area contributed by atoms with Crippen molar-refractivity contribution in [3.63, 3.8) is 0 Å². The zero-order valence-corrected chi connectivity index (χ0v) is 14.1. The minimum atomic E-state index is -1.42. The summed E-state index contributed by atoms with van der Waals surface area (Å²) in [6, 6.07) is 0. The van der Waals surface area contributed by atoms with Gasteiger partial charge in [0.25, 0.3) is 5.60 Å². The van der Waals surface area contributed by atoms with Gasteiger partial charge < -0.3 is 19.4 Å². The summed E-state index contributed by atoms with van der Waals surface area (Å²) in [4.78, 5) is 32.9. The third-order valence-electron chi connectivity index (χ3n) is 2.82. The van der Waals surface area contributed by atoms with Gasteiger partial charge in [0.1, 0.15) is 24.5 Å². The first-order chi connectivity index (χ1) is 10.6. The van der Waals surface area contributed by atoms with Crippen molar-refractivity contribution in [1.29, 1.82) is 0 Å². The molecule has 2 heterocycles. The van der Waals surface area contributed by atoms with Gasteiger partial charge in [-0.15, -0.1) is 11.3 Å². The Labute approximate surface area is 137 Å². The third kappa shape index (κ3) is 4.05. The van der Waals surface area contributed by atoms with Crippen LogP contribution in [-0.4, -0.2) is 52.2 Å². The number of thiazole rings is 1. The van der Waals surface area contributed by atoms with Crippen molar-refractivity contribution in [2.45, 2.75) is 38.9 Å². The lowest BCUT2D eigenvalue weighted by molar-refractivity contribution is -0.236. The zero-order valence-electron chi connectivity index (χ0n) is 13.3. The van der Waals surface area contributed by atoms with Gasteiger partial charge in [0, 0.05) is 5.38 Å². The predicted molar refractivity (Wildman–Crippen MR) is 81.5 cm³/mol. The van der Waals surface area contributed by atoms with E-state index in [-0.39, 0.29) is 24.6 Å². The Kier molecular flexibility index (Phi) is 4.71. The van der Waals surface area contributed by atoms with Gasteiger partial charge in [0.2, 0.25) is 5.71 Å². The molecule has 8 nitrogen and oxygen atoms in total. The third-order valence-corrected chi connectivity index (χ3v) is 3.59. The smallest absolute Gasteiger partial charge is 0.360 e. The van der Waals surface area contributed by atoms with Gasteiger partial charge in [-0.3, -0.25) is 0 Å². The van der Waals surface area contributed by atoms with Crippen LogP contribution in [0.5, 0.6) is 0 Å². The van der Waals surface area contributed by atoms with E-state index in [0.29, 0.717) is 5.01 Å². The summed E-state index contributed by atoms with van der Waals surface area (Å²) in [5.74, 6) is -1.94. The molecular formula is C14H18N2O6S. The van der Waals surface area contributed by atoms with Crippen LogP contribution in [0.2, 0.25) is 0 Å². The molecule has 0 atom stereocenters. The van der Waals surface area contributed by atoms with Gasteiger partial charge in [0.15, 0.2) is 0 Å². The fourth-order valence-corrected chi connectivity index (χ4v) is 2.26. The molecular weight excluding hydrogens is 324 g/mol. The number of rotatable bonds is 5. The van der Waals surface area contributed by atoms with Crippen LogP contribution in [0.15, 0.2) is 10.5 Å². The highest BCUT2D eigenvalue weighted by Crippen LogP contribution is 2.27. The van der Waals surface area contributed by atoms with Crippen molar-refractivity contribution >= 4 is 29.0 Å². The minimum absolute atomic E-state index is 0.0472. The highest BCUT2D eigenvalue weighted by molar-refractivity contribution is 7.09. The van der Waals surface area contributed by atoms with E-state index in [4.69, 9.17) is 14.3 Å².